The third-order valence-corrected chi connectivity index (χ3v) is 4.69. The summed E-state index contributed by atoms with van der Waals surface area (Å²) in [5.74, 6) is 1.04. The molecular formula is C11H12NOS2+. The predicted molar refractivity (Wildman–Crippen MR) is 67.4 cm³/mol. The minimum atomic E-state index is 0.737. The largest absolute Gasteiger partial charge is 0.280 e. The van der Waals surface area contributed by atoms with Crippen LogP contribution in [0.5, 0.6) is 0 Å². The van der Waals surface area contributed by atoms with Crippen LogP contribution in [0.4, 0.5) is 0 Å². The molecule has 4 heteroatoms. The number of fused-ring (bicyclic) bond motifs is 1. The Balaban J connectivity index is 2.58. The minimum Gasteiger partial charge on any atom is -0.116 e. The second-order valence-corrected chi connectivity index (χ2v) is 5.40. The van der Waals surface area contributed by atoms with Gasteiger partial charge in [0, 0.05) is 15.8 Å². The number of thioether (sulfide) groups is 2. The molecule has 78 valence electrons. The molecule has 2 nitrogen and oxygen atoms in total. The quantitative estimate of drug-likeness (QED) is 0.852. The van der Waals surface area contributed by atoms with Crippen LogP contribution >= 0.6 is 23.5 Å². The summed E-state index contributed by atoms with van der Waals surface area (Å²) in [4.78, 5) is 11.0. The van der Waals surface area contributed by atoms with Crippen molar-refractivity contribution in [1.29, 1.82) is 0 Å². The van der Waals surface area contributed by atoms with E-state index in [-0.39, 0.29) is 0 Å². The number of hydrogen-bond donors (Lipinski definition) is 1. The van der Waals surface area contributed by atoms with Crippen LogP contribution in [0.15, 0.2) is 28.5 Å². The van der Waals surface area contributed by atoms with Crippen molar-refractivity contribution in [3.63, 3.8) is 0 Å². The van der Waals surface area contributed by atoms with Gasteiger partial charge in [0.1, 0.15) is 4.24 Å². The molecule has 1 aromatic carbocycles. The first kappa shape index (κ1) is 10.8. The zero-order valence-electron chi connectivity index (χ0n) is 8.45. The van der Waals surface area contributed by atoms with Crippen molar-refractivity contribution in [3.05, 3.63) is 44.5 Å². The Morgan fingerprint density at radius 3 is 2.93 bits per heavy atom. The van der Waals surface area contributed by atoms with Crippen LogP contribution in [0, 0.1) is 4.91 Å². The summed E-state index contributed by atoms with van der Waals surface area (Å²) in [5.41, 5.74) is 3.05. The van der Waals surface area contributed by atoms with Gasteiger partial charge in [-0.1, -0.05) is 18.2 Å². The first-order valence-electron chi connectivity index (χ1n) is 4.74. The van der Waals surface area contributed by atoms with Crippen molar-refractivity contribution in [2.75, 3.05) is 12.0 Å². The van der Waals surface area contributed by atoms with Crippen molar-refractivity contribution < 1.29 is 5.18 Å². The van der Waals surface area contributed by atoms with Gasteiger partial charge in [-0.2, -0.15) is 0 Å². The standard InChI is InChI=1S/C11H11NOS2/c1-14-11-10(12-13)9-5-3-2-4-8(9)6-7-15-11/h2-5H,6-7H2,1H3/p+1. The van der Waals surface area contributed by atoms with E-state index >= 15 is 0 Å². The summed E-state index contributed by atoms with van der Waals surface area (Å²) >= 11 is 3.39. The Hall–Kier alpha value is -0.740. The van der Waals surface area contributed by atoms with E-state index in [2.05, 4.69) is 11.2 Å². The monoisotopic (exact) mass is 238 g/mol. The van der Waals surface area contributed by atoms with Gasteiger partial charge in [-0.3, -0.25) is 0 Å². The van der Waals surface area contributed by atoms with Crippen molar-refractivity contribution in [2.24, 2.45) is 0 Å². The number of aryl methyl sites for hydroxylation is 1. The van der Waals surface area contributed by atoms with E-state index in [0.717, 1.165) is 27.7 Å². The number of rotatable bonds is 2. The van der Waals surface area contributed by atoms with Crippen LogP contribution in [0.1, 0.15) is 11.1 Å². The number of nitroso groups, excluding NO2 is 1. The van der Waals surface area contributed by atoms with Crippen LogP contribution in [-0.4, -0.2) is 12.0 Å². The Morgan fingerprint density at radius 1 is 1.40 bits per heavy atom. The molecule has 1 aliphatic heterocycles. The number of hydrogen-bond acceptors (Lipinski definition) is 3. The van der Waals surface area contributed by atoms with Crippen LogP contribution in [0.3, 0.4) is 0 Å². The second kappa shape index (κ2) is 4.86. The molecule has 1 aliphatic rings. The molecule has 1 aromatic rings. The zero-order valence-corrected chi connectivity index (χ0v) is 10.1. The van der Waals surface area contributed by atoms with Crippen LogP contribution < -0.4 is 5.18 Å². The average Bonchev–Trinajstić information content (AvgIpc) is 2.47. The van der Waals surface area contributed by atoms with Gasteiger partial charge in [0.15, 0.2) is 0 Å². The molecule has 0 saturated heterocycles. The lowest BCUT2D eigenvalue weighted by atomic mass is 10.0. The maximum absolute atomic E-state index is 11.0. The third-order valence-electron chi connectivity index (χ3n) is 2.38. The first-order valence-corrected chi connectivity index (χ1v) is 6.95. The molecule has 0 aromatic heterocycles. The third kappa shape index (κ3) is 2.11. The van der Waals surface area contributed by atoms with E-state index in [1.165, 1.54) is 5.56 Å². The van der Waals surface area contributed by atoms with Gasteiger partial charge in [0.2, 0.25) is 0 Å². The van der Waals surface area contributed by atoms with E-state index in [1.54, 1.807) is 23.5 Å². The molecule has 0 radical (unpaired) electrons. The lowest BCUT2D eigenvalue weighted by Crippen LogP contribution is -2.60. The summed E-state index contributed by atoms with van der Waals surface area (Å²) in [6.45, 7) is 0. The van der Waals surface area contributed by atoms with E-state index in [0.29, 0.717) is 0 Å². The maximum Gasteiger partial charge on any atom is 0.280 e. The van der Waals surface area contributed by atoms with Gasteiger partial charge in [-0.25, -0.2) is 0 Å². The fourth-order valence-corrected chi connectivity index (χ4v) is 3.56. The highest BCUT2D eigenvalue weighted by atomic mass is 32.2. The van der Waals surface area contributed by atoms with Crippen LogP contribution in [0.25, 0.3) is 5.70 Å². The highest BCUT2D eigenvalue weighted by Crippen LogP contribution is 2.35. The number of nitrogens with one attached hydrogen (secondary N) is 1. The molecule has 0 aliphatic carbocycles. The highest BCUT2D eigenvalue weighted by Gasteiger charge is 2.22. The zero-order chi connectivity index (χ0) is 10.7. The summed E-state index contributed by atoms with van der Waals surface area (Å²) in [6.07, 6.45) is 3.03. The van der Waals surface area contributed by atoms with Crippen LogP contribution in [-0.2, 0) is 6.42 Å². The molecule has 0 amide bonds. The van der Waals surface area contributed by atoms with Gasteiger partial charge in [0.25, 0.3) is 5.70 Å². The molecule has 0 atom stereocenters. The van der Waals surface area contributed by atoms with Crippen LogP contribution in [0.2, 0.25) is 0 Å². The highest BCUT2D eigenvalue weighted by molar-refractivity contribution is 8.22. The summed E-state index contributed by atoms with van der Waals surface area (Å²) in [7, 11) is 0. The second-order valence-electron chi connectivity index (χ2n) is 3.22. The average molecular weight is 238 g/mol. The first-order chi connectivity index (χ1) is 7.36. The maximum atomic E-state index is 11.0. The summed E-state index contributed by atoms with van der Waals surface area (Å²) in [5, 5.41) is 2.09. The molecule has 0 bridgehead atoms. The van der Waals surface area contributed by atoms with E-state index < -0.39 is 0 Å². The number of benzene rings is 1. The molecule has 1 heterocycles. The fraction of sp³-hybridized carbons (Fsp3) is 0.273. The molecule has 2 rings (SSSR count). The van der Waals surface area contributed by atoms with Gasteiger partial charge in [0.05, 0.1) is 5.56 Å². The van der Waals surface area contributed by atoms with Crippen molar-refractivity contribution in [1.82, 2.24) is 0 Å². The molecular weight excluding hydrogens is 226 g/mol. The van der Waals surface area contributed by atoms with Crippen molar-refractivity contribution in [2.45, 2.75) is 6.42 Å². The molecule has 0 fully saturated rings. The lowest BCUT2D eigenvalue weighted by molar-refractivity contribution is -0.369. The molecule has 0 unspecified atom stereocenters. The Morgan fingerprint density at radius 2 is 2.20 bits per heavy atom. The lowest BCUT2D eigenvalue weighted by Gasteiger charge is -2.00. The molecule has 0 saturated carbocycles. The van der Waals surface area contributed by atoms with Gasteiger partial charge < -0.3 is 0 Å². The minimum absolute atomic E-state index is 0.737. The Labute approximate surface area is 97.5 Å². The summed E-state index contributed by atoms with van der Waals surface area (Å²) in [6, 6.07) is 8.11. The normalized spacial score (nSPS) is 15.8. The molecule has 15 heavy (non-hydrogen) atoms. The predicted octanol–water partition coefficient (Wildman–Crippen LogP) is 1.81. The molecule has 1 N–H and O–H groups in total. The van der Waals surface area contributed by atoms with E-state index in [4.69, 9.17) is 0 Å². The van der Waals surface area contributed by atoms with Gasteiger partial charge in [-0.05, 0) is 24.3 Å². The van der Waals surface area contributed by atoms with Crippen molar-refractivity contribution >= 4 is 29.2 Å². The Bertz CT molecular complexity index is 415. The SMILES string of the molecule is CSC1=C([NH+]=O)c2ccccc2CCS1. The smallest absolute Gasteiger partial charge is 0.116 e. The van der Waals surface area contributed by atoms with E-state index in [1.807, 2.05) is 24.5 Å². The summed E-state index contributed by atoms with van der Waals surface area (Å²) < 4.78 is 1.09. The van der Waals surface area contributed by atoms with Crippen molar-refractivity contribution in [3.8, 4) is 0 Å². The van der Waals surface area contributed by atoms with E-state index in [9.17, 15) is 4.91 Å². The Kier molecular flexibility index (Phi) is 3.49. The van der Waals surface area contributed by atoms with Gasteiger partial charge >= 0.3 is 0 Å². The van der Waals surface area contributed by atoms with Gasteiger partial charge in [-0.15, -0.1) is 23.5 Å². The topological polar surface area (TPSA) is 31.0 Å². The fourth-order valence-electron chi connectivity index (χ4n) is 1.68. The molecule has 0 spiro atoms.